The standard InChI is InChI=1S/C11H21NO2/c1-10(2)8-14-7-5-12-11-4-3-6-13-9-11/h11-12H,1,3-9H2,2H3. The first-order valence-electron chi connectivity index (χ1n) is 5.32. The van der Waals surface area contributed by atoms with Crippen LogP contribution in [0.1, 0.15) is 19.8 Å². The predicted octanol–water partition coefficient (Wildman–Crippen LogP) is 1.35. The lowest BCUT2D eigenvalue weighted by molar-refractivity contribution is 0.0661. The molecule has 0 amide bonds. The van der Waals surface area contributed by atoms with E-state index in [2.05, 4.69) is 11.9 Å². The van der Waals surface area contributed by atoms with E-state index in [0.717, 1.165) is 31.9 Å². The summed E-state index contributed by atoms with van der Waals surface area (Å²) < 4.78 is 10.7. The highest BCUT2D eigenvalue weighted by molar-refractivity contribution is 4.87. The van der Waals surface area contributed by atoms with Crippen LogP contribution in [0.25, 0.3) is 0 Å². The molecule has 3 nitrogen and oxygen atoms in total. The van der Waals surface area contributed by atoms with Crippen molar-refractivity contribution in [2.45, 2.75) is 25.8 Å². The first-order valence-corrected chi connectivity index (χ1v) is 5.32. The van der Waals surface area contributed by atoms with Gasteiger partial charge in [0.2, 0.25) is 0 Å². The SMILES string of the molecule is C=C(C)COCCNC1CCCOC1. The summed E-state index contributed by atoms with van der Waals surface area (Å²) in [6, 6.07) is 0.525. The van der Waals surface area contributed by atoms with Gasteiger partial charge in [0.05, 0.1) is 19.8 Å². The summed E-state index contributed by atoms with van der Waals surface area (Å²) in [7, 11) is 0. The maximum Gasteiger partial charge on any atom is 0.0672 e. The van der Waals surface area contributed by atoms with Crippen molar-refractivity contribution in [3.63, 3.8) is 0 Å². The molecule has 1 unspecified atom stereocenters. The Labute approximate surface area is 86.5 Å². The van der Waals surface area contributed by atoms with Crippen molar-refractivity contribution in [1.29, 1.82) is 0 Å². The molecule has 0 radical (unpaired) electrons. The number of hydrogen-bond acceptors (Lipinski definition) is 3. The van der Waals surface area contributed by atoms with Crippen molar-refractivity contribution in [3.8, 4) is 0 Å². The number of rotatable bonds is 6. The molecule has 0 saturated carbocycles. The Morgan fingerprint density at radius 2 is 2.50 bits per heavy atom. The van der Waals surface area contributed by atoms with Crippen molar-refractivity contribution in [3.05, 3.63) is 12.2 Å². The molecular weight excluding hydrogens is 178 g/mol. The van der Waals surface area contributed by atoms with E-state index in [-0.39, 0.29) is 0 Å². The van der Waals surface area contributed by atoms with E-state index < -0.39 is 0 Å². The van der Waals surface area contributed by atoms with Crippen LogP contribution in [0.15, 0.2) is 12.2 Å². The number of ether oxygens (including phenoxy) is 2. The number of nitrogens with one attached hydrogen (secondary N) is 1. The summed E-state index contributed by atoms with van der Waals surface area (Å²) >= 11 is 0. The molecule has 0 aromatic carbocycles. The molecule has 0 bridgehead atoms. The van der Waals surface area contributed by atoms with Crippen molar-refractivity contribution in [2.75, 3.05) is 33.0 Å². The quantitative estimate of drug-likeness (QED) is 0.517. The molecule has 1 N–H and O–H groups in total. The fraction of sp³-hybridized carbons (Fsp3) is 0.818. The Hall–Kier alpha value is -0.380. The second-order valence-corrected chi connectivity index (χ2v) is 3.88. The lowest BCUT2D eigenvalue weighted by Crippen LogP contribution is -2.38. The topological polar surface area (TPSA) is 30.5 Å². The van der Waals surface area contributed by atoms with Gasteiger partial charge in [-0.25, -0.2) is 0 Å². The van der Waals surface area contributed by atoms with Crippen LogP contribution in [-0.2, 0) is 9.47 Å². The van der Waals surface area contributed by atoms with Gasteiger partial charge in [0.15, 0.2) is 0 Å². The molecule has 1 rings (SSSR count). The molecule has 1 aliphatic rings. The van der Waals surface area contributed by atoms with E-state index in [9.17, 15) is 0 Å². The smallest absolute Gasteiger partial charge is 0.0672 e. The number of hydrogen-bond donors (Lipinski definition) is 1. The minimum atomic E-state index is 0.525. The normalized spacial score (nSPS) is 22.2. The fourth-order valence-electron chi connectivity index (χ4n) is 1.48. The van der Waals surface area contributed by atoms with E-state index in [1.807, 2.05) is 6.92 Å². The summed E-state index contributed by atoms with van der Waals surface area (Å²) in [5.41, 5.74) is 1.07. The minimum Gasteiger partial charge on any atom is -0.380 e. The molecular formula is C11H21NO2. The van der Waals surface area contributed by atoms with Gasteiger partial charge in [-0.3, -0.25) is 0 Å². The molecule has 0 aromatic rings. The van der Waals surface area contributed by atoms with Gasteiger partial charge in [-0.2, -0.15) is 0 Å². The Bertz CT molecular complexity index is 165. The second kappa shape index (κ2) is 6.98. The maximum absolute atomic E-state index is 5.38. The van der Waals surface area contributed by atoms with E-state index in [0.29, 0.717) is 12.6 Å². The molecule has 1 saturated heterocycles. The van der Waals surface area contributed by atoms with Gasteiger partial charge in [0.1, 0.15) is 0 Å². The molecule has 1 fully saturated rings. The van der Waals surface area contributed by atoms with E-state index in [1.165, 1.54) is 12.8 Å². The average molecular weight is 199 g/mol. The Kier molecular flexibility index (Phi) is 5.83. The van der Waals surface area contributed by atoms with E-state index in [4.69, 9.17) is 9.47 Å². The zero-order valence-corrected chi connectivity index (χ0v) is 9.05. The predicted molar refractivity (Wildman–Crippen MR) is 57.5 cm³/mol. The van der Waals surface area contributed by atoms with Crippen LogP contribution in [0.3, 0.4) is 0 Å². The first-order chi connectivity index (χ1) is 6.79. The molecule has 3 heteroatoms. The zero-order valence-electron chi connectivity index (χ0n) is 9.05. The third-order valence-electron chi connectivity index (χ3n) is 2.19. The average Bonchev–Trinajstić information content (AvgIpc) is 2.18. The fourth-order valence-corrected chi connectivity index (χ4v) is 1.48. The first kappa shape index (κ1) is 11.7. The summed E-state index contributed by atoms with van der Waals surface area (Å²) in [5.74, 6) is 0. The highest BCUT2D eigenvalue weighted by Gasteiger charge is 2.11. The summed E-state index contributed by atoms with van der Waals surface area (Å²) in [6.45, 7) is 9.85. The van der Waals surface area contributed by atoms with Gasteiger partial charge in [0, 0.05) is 19.2 Å². The van der Waals surface area contributed by atoms with Crippen LogP contribution in [0, 0.1) is 0 Å². The maximum atomic E-state index is 5.38. The molecule has 1 heterocycles. The van der Waals surface area contributed by atoms with Crippen LogP contribution in [-0.4, -0.2) is 39.0 Å². The monoisotopic (exact) mass is 199 g/mol. The van der Waals surface area contributed by atoms with Gasteiger partial charge in [0.25, 0.3) is 0 Å². The lowest BCUT2D eigenvalue weighted by atomic mass is 10.1. The van der Waals surface area contributed by atoms with Crippen LogP contribution >= 0.6 is 0 Å². The highest BCUT2D eigenvalue weighted by Crippen LogP contribution is 2.04. The zero-order chi connectivity index (χ0) is 10.2. The largest absolute Gasteiger partial charge is 0.380 e. The molecule has 0 aliphatic carbocycles. The van der Waals surface area contributed by atoms with Crippen LogP contribution in [0.5, 0.6) is 0 Å². The van der Waals surface area contributed by atoms with Crippen LogP contribution in [0.2, 0.25) is 0 Å². The molecule has 1 atom stereocenters. The molecule has 0 spiro atoms. The van der Waals surface area contributed by atoms with Crippen molar-refractivity contribution in [1.82, 2.24) is 5.32 Å². The Morgan fingerprint density at radius 3 is 3.14 bits per heavy atom. The van der Waals surface area contributed by atoms with E-state index >= 15 is 0 Å². The third-order valence-corrected chi connectivity index (χ3v) is 2.19. The summed E-state index contributed by atoms with van der Waals surface area (Å²) in [4.78, 5) is 0. The Balaban J connectivity index is 1.90. The van der Waals surface area contributed by atoms with Gasteiger partial charge in [-0.05, 0) is 19.8 Å². The molecule has 1 aliphatic heterocycles. The summed E-state index contributed by atoms with van der Waals surface area (Å²) in [6.07, 6.45) is 2.39. The summed E-state index contributed by atoms with van der Waals surface area (Å²) in [5, 5.41) is 3.42. The molecule has 14 heavy (non-hydrogen) atoms. The molecule has 0 aromatic heterocycles. The van der Waals surface area contributed by atoms with E-state index in [1.54, 1.807) is 0 Å². The molecule has 82 valence electrons. The van der Waals surface area contributed by atoms with Gasteiger partial charge >= 0.3 is 0 Å². The Morgan fingerprint density at radius 1 is 1.64 bits per heavy atom. The van der Waals surface area contributed by atoms with Crippen LogP contribution < -0.4 is 5.32 Å². The van der Waals surface area contributed by atoms with Crippen molar-refractivity contribution >= 4 is 0 Å². The van der Waals surface area contributed by atoms with Gasteiger partial charge in [-0.15, -0.1) is 0 Å². The van der Waals surface area contributed by atoms with Gasteiger partial charge < -0.3 is 14.8 Å². The second-order valence-electron chi connectivity index (χ2n) is 3.88. The highest BCUT2D eigenvalue weighted by atomic mass is 16.5. The van der Waals surface area contributed by atoms with Crippen LogP contribution in [0.4, 0.5) is 0 Å². The minimum absolute atomic E-state index is 0.525. The van der Waals surface area contributed by atoms with Crippen molar-refractivity contribution in [2.24, 2.45) is 0 Å². The third kappa shape index (κ3) is 5.37. The lowest BCUT2D eigenvalue weighted by Gasteiger charge is -2.23. The van der Waals surface area contributed by atoms with Crippen molar-refractivity contribution < 1.29 is 9.47 Å². The van der Waals surface area contributed by atoms with Gasteiger partial charge in [-0.1, -0.05) is 12.2 Å².